The van der Waals surface area contributed by atoms with Gasteiger partial charge >= 0.3 is 5.97 Å². The SMILES string of the molecule is Cc1nc(Nc2ncc(C(=O)Nc3c(C)cccc3Cl)s2)cc(N2CCN(CCOC(=O)[C@@H](N)C(C)C)CC2)n1. The second-order valence-corrected chi connectivity index (χ2v) is 11.4. The molecule has 1 saturated heterocycles. The van der Waals surface area contributed by atoms with Crippen LogP contribution in [0.1, 0.15) is 34.9 Å². The zero-order chi connectivity index (χ0) is 28.8. The lowest BCUT2D eigenvalue weighted by Crippen LogP contribution is -2.48. The molecule has 2 aromatic heterocycles. The predicted molar refractivity (Wildman–Crippen MR) is 159 cm³/mol. The number of aromatic nitrogens is 3. The third kappa shape index (κ3) is 7.66. The number of thiazole rings is 1. The number of rotatable bonds is 10. The maximum Gasteiger partial charge on any atom is 0.323 e. The van der Waals surface area contributed by atoms with Crippen molar-refractivity contribution in [2.24, 2.45) is 11.7 Å². The molecule has 0 bridgehead atoms. The highest BCUT2D eigenvalue weighted by Gasteiger charge is 2.22. The number of hydrogen-bond donors (Lipinski definition) is 3. The molecule has 0 radical (unpaired) electrons. The van der Waals surface area contributed by atoms with E-state index in [-0.39, 0.29) is 17.8 Å². The smallest absolute Gasteiger partial charge is 0.323 e. The Morgan fingerprint density at radius 3 is 2.62 bits per heavy atom. The number of nitrogens with zero attached hydrogens (tertiary/aromatic N) is 5. The number of ether oxygens (including phenoxy) is 1. The molecule has 4 N–H and O–H groups in total. The Balaban J connectivity index is 1.31. The molecular formula is C27H35ClN8O3S. The lowest BCUT2D eigenvalue weighted by Gasteiger charge is -2.35. The van der Waals surface area contributed by atoms with Crippen LogP contribution in [0.3, 0.4) is 0 Å². The van der Waals surface area contributed by atoms with Crippen LogP contribution in [0.15, 0.2) is 30.5 Å². The van der Waals surface area contributed by atoms with Crippen molar-refractivity contribution >= 4 is 57.3 Å². The summed E-state index contributed by atoms with van der Waals surface area (Å²) in [6.07, 6.45) is 1.52. The number of aryl methyl sites for hydroxylation is 2. The molecule has 1 fully saturated rings. The van der Waals surface area contributed by atoms with E-state index in [2.05, 4.69) is 35.4 Å². The predicted octanol–water partition coefficient (Wildman–Crippen LogP) is 3.85. The lowest BCUT2D eigenvalue weighted by atomic mass is 10.1. The molecule has 0 unspecified atom stereocenters. The van der Waals surface area contributed by atoms with Crippen LogP contribution in [-0.2, 0) is 9.53 Å². The summed E-state index contributed by atoms with van der Waals surface area (Å²) < 4.78 is 5.34. The number of piperazine rings is 1. The molecule has 1 amide bonds. The summed E-state index contributed by atoms with van der Waals surface area (Å²) in [5, 5.41) is 7.10. The van der Waals surface area contributed by atoms with Gasteiger partial charge in [0.05, 0.1) is 16.9 Å². The highest BCUT2D eigenvalue weighted by molar-refractivity contribution is 7.17. The second-order valence-electron chi connectivity index (χ2n) is 9.97. The van der Waals surface area contributed by atoms with E-state index in [0.29, 0.717) is 45.5 Å². The molecule has 3 heterocycles. The van der Waals surface area contributed by atoms with Gasteiger partial charge in [-0.25, -0.2) is 15.0 Å². The zero-order valence-electron chi connectivity index (χ0n) is 23.1. The fourth-order valence-corrected chi connectivity index (χ4v) is 5.12. The van der Waals surface area contributed by atoms with Crippen LogP contribution in [0.5, 0.6) is 0 Å². The number of benzene rings is 1. The highest BCUT2D eigenvalue weighted by Crippen LogP contribution is 2.28. The minimum atomic E-state index is -0.591. The Bertz CT molecular complexity index is 1320. The summed E-state index contributed by atoms with van der Waals surface area (Å²) in [5.74, 6) is 1.45. The summed E-state index contributed by atoms with van der Waals surface area (Å²) in [7, 11) is 0. The standard InChI is InChI=1S/C27H35ClN8O3S/c1-16(2)23(29)26(38)39-13-12-35-8-10-36(11-9-35)22-14-21(31-18(4)32-22)33-27-30-15-20(40-27)25(37)34-24-17(3)6-5-7-19(24)28/h5-7,14-16,23H,8-13,29H2,1-4H3,(H,34,37)(H,30,31,32,33)/t23-/m0/s1. The Labute approximate surface area is 243 Å². The van der Waals surface area contributed by atoms with Gasteiger partial charge in [0, 0.05) is 38.8 Å². The Hall–Kier alpha value is -3.32. The van der Waals surface area contributed by atoms with E-state index in [0.717, 1.165) is 37.6 Å². The van der Waals surface area contributed by atoms with Crippen LogP contribution in [0.25, 0.3) is 0 Å². The fourth-order valence-electron chi connectivity index (χ4n) is 4.13. The van der Waals surface area contributed by atoms with Gasteiger partial charge in [-0.3, -0.25) is 14.5 Å². The average Bonchev–Trinajstić information content (AvgIpc) is 3.38. The van der Waals surface area contributed by atoms with Crippen LogP contribution >= 0.6 is 22.9 Å². The minimum Gasteiger partial charge on any atom is -0.463 e. The van der Waals surface area contributed by atoms with E-state index >= 15 is 0 Å². The largest absolute Gasteiger partial charge is 0.463 e. The number of esters is 1. The molecule has 214 valence electrons. The summed E-state index contributed by atoms with van der Waals surface area (Å²) in [4.78, 5) is 43.1. The molecule has 0 saturated carbocycles. The molecular weight excluding hydrogens is 552 g/mol. The van der Waals surface area contributed by atoms with E-state index in [1.807, 2.05) is 45.9 Å². The number of hydrogen-bond acceptors (Lipinski definition) is 11. The van der Waals surface area contributed by atoms with E-state index < -0.39 is 6.04 Å². The molecule has 1 aromatic carbocycles. The number of nitrogens with one attached hydrogen (secondary N) is 2. The summed E-state index contributed by atoms with van der Waals surface area (Å²) >= 11 is 7.47. The van der Waals surface area contributed by atoms with Crippen molar-refractivity contribution < 1.29 is 14.3 Å². The van der Waals surface area contributed by atoms with Gasteiger partial charge in [-0.2, -0.15) is 0 Å². The van der Waals surface area contributed by atoms with Gasteiger partial charge < -0.3 is 26.0 Å². The van der Waals surface area contributed by atoms with E-state index in [1.54, 1.807) is 6.07 Å². The van der Waals surface area contributed by atoms with Crippen molar-refractivity contribution in [2.75, 3.05) is 54.9 Å². The van der Waals surface area contributed by atoms with Crippen LogP contribution in [0.2, 0.25) is 5.02 Å². The van der Waals surface area contributed by atoms with Gasteiger partial charge in [0.25, 0.3) is 5.91 Å². The number of carbonyl (C=O) groups excluding carboxylic acids is 2. The number of halogens is 1. The number of carbonyl (C=O) groups is 2. The normalized spacial score (nSPS) is 14.7. The topological polar surface area (TPSA) is 139 Å². The highest BCUT2D eigenvalue weighted by atomic mass is 35.5. The van der Waals surface area contributed by atoms with Gasteiger partial charge in [0.1, 0.15) is 35.0 Å². The van der Waals surface area contributed by atoms with Gasteiger partial charge in [-0.05, 0) is 31.4 Å². The number of anilines is 4. The van der Waals surface area contributed by atoms with Crippen molar-refractivity contribution in [2.45, 2.75) is 33.7 Å². The van der Waals surface area contributed by atoms with Crippen molar-refractivity contribution in [3.63, 3.8) is 0 Å². The van der Waals surface area contributed by atoms with E-state index in [1.165, 1.54) is 17.5 Å². The molecule has 1 aliphatic rings. The maximum absolute atomic E-state index is 12.8. The lowest BCUT2D eigenvalue weighted by molar-refractivity contribution is -0.146. The first-order valence-electron chi connectivity index (χ1n) is 13.1. The first-order chi connectivity index (χ1) is 19.1. The molecule has 3 aromatic rings. The second kappa shape index (κ2) is 13.4. The van der Waals surface area contributed by atoms with Crippen LogP contribution < -0.4 is 21.3 Å². The summed E-state index contributed by atoms with van der Waals surface area (Å²) in [6, 6.07) is 6.75. The Morgan fingerprint density at radius 2 is 1.93 bits per heavy atom. The Kier molecular flexibility index (Phi) is 9.90. The Morgan fingerprint density at radius 1 is 1.18 bits per heavy atom. The van der Waals surface area contributed by atoms with Gasteiger partial charge in [-0.1, -0.05) is 48.9 Å². The first kappa shape index (κ1) is 29.7. The van der Waals surface area contributed by atoms with E-state index in [9.17, 15) is 9.59 Å². The van der Waals surface area contributed by atoms with Crippen molar-refractivity contribution in [1.82, 2.24) is 19.9 Å². The molecule has 1 atom stereocenters. The molecule has 0 spiro atoms. The molecule has 0 aliphatic carbocycles. The molecule has 11 nitrogen and oxygen atoms in total. The maximum atomic E-state index is 12.8. The van der Waals surface area contributed by atoms with Gasteiger partial charge in [0.15, 0.2) is 5.13 Å². The third-order valence-corrected chi connectivity index (χ3v) is 7.81. The van der Waals surface area contributed by atoms with Gasteiger partial charge in [-0.15, -0.1) is 0 Å². The van der Waals surface area contributed by atoms with E-state index in [4.69, 9.17) is 22.1 Å². The third-order valence-electron chi connectivity index (χ3n) is 6.59. The first-order valence-corrected chi connectivity index (χ1v) is 14.3. The molecule has 4 rings (SSSR count). The van der Waals surface area contributed by atoms with Crippen molar-refractivity contribution in [3.8, 4) is 0 Å². The number of nitrogens with two attached hydrogens (primary N) is 1. The van der Waals surface area contributed by atoms with Crippen LogP contribution in [-0.4, -0.2) is 77.1 Å². The van der Waals surface area contributed by atoms with Crippen molar-refractivity contribution in [1.29, 1.82) is 0 Å². The van der Waals surface area contributed by atoms with Crippen LogP contribution in [0.4, 0.5) is 22.5 Å². The average molecular weight is 587 g/mol. The van der Waals surface area contributed by atoms with Crippen molar-refractivity contribution in [3.05, 3.63) is 51.7 Å². The monoisotopic (exact) mass is 586 g/mol. The molecule has 1 aliphatic heterocycles. The quantitative estimate of drug-likeness (QED) is 0.300. The minimum absolute atomic E-state index is 0.0486. The number of amides is 1. The molecule has 13 heteroatoms. The van der Waals surface area contributed by atoms with Crippen LogP contribution in [0, 0.1) is 19.8 Å². The fraction of sp³-hybridized carbons (Fsp3) is 0.444. The van der Waals surface area contributed by atoms with Gasteiger partial charge in [0.2, 0.25) is 0 Å². The molecule has 40 heavy (non-hydrogen) atoms. The zero-order valence-corrected chi connectivity index (χ0v) is 24.7. The number of para-hydroxylation sites is 1. The summed E-state index contributed by atoms with van der Waals surface area (Å²) in [6.45, 7) is 11.7. The summed E-state index contributed by atoms with van der Waals surface area (Å²) in [5.41, 5.74) is 7.32.